The summed E-state index contributed by atoms with van der Waals surface area (Å²) in [7, 11) is 0. The average molecular weight is 272 g/mol. The van der Waals surface area contributed by atoms with Crippen molar-refractivity contribution >= 4 is 5.91 Å². The quantitative estimate of drug-likeness (QED) is 0.862. The molecule has 4 heteroatoms. The van der Waals surface area contributed by atoms with Gasteiger partial charge in [-0.15, -0.1) is 0 Å². The molecule has 0 aromatic carbocycles. The molecule has 1 heterocycles. The molecule has 4 aliphatic carbocycles. The van der Waals surface area contributed by atoms with Gasteiger partial charge in [0.15, 0.2) is 0 Å². The van der Waals surface area contributed by atoms with Gasteiger partial charge < -0.3 is 10.4 Å². The normalized spacial score (nSPS) is 41.6. The highest BCUT2D eigenvalue weighted by atomic mass is 16.3. The molecule has 0 aliphatic heterocycles. The van der Waals surface area contributed by atoms with Crippen molar-refractivity contribution in [2.24, 2.45) is 17.8 Å². The molecule has 4 aliphatic rings. The van der Waals surface area contributed by atoms with Crippen LogP contribution in [0.15, 0.2) is 24.4 Å². The van der Waals surface area contributed by atoms with E-state index in [-0.39, 0.29) is 11.9 Å². The third-order valence-electron chi connectivity index (χ3n) is 5.44. The van der Waals surface area contributed by atoms with Crippen LogP contribution in [0.3, 0.4) is 0 Å². The van der Waals surface area contributed by atoms with E-state index in [2.05, 4.69) is 10.3 Å². The van der Waals surface area contributed by atoms with Crippen molar-refractivity contribution in [3.63, 3.8) is 0 Å². The number of aliphatic hydroxyl groups is 1. The second-order valence-electron chi connectivity index (χ2n) is 6.91. The third-order valence-corrected chi connectivity index (χ3v) is 5.44. The van der Waals surface area contributed by atoms with Gasteiger partial charge in [0, 0.05) is 12.2 Å². The number of carbonyl (C=O) groups excluding carboxylic acids is 1. The zero-order valence-corrected chi connectivity index (χ0v) is 11.5. The first-order valence-electron chi connectivity index (χ1n) is 7.57. The van der Waals surface area contributed by atoms with E-state index in [1.165, 1.54) is 0 Å². The SMILES string of the molecule is O=C(NC1C2CC3CC1CC(O)(C3)C2)c1ccccn1. The Kier molecular flexibility index (Phi) is 2.64. The van der Waals surface area contributed by atoms with Crippen LogP contribution in [-0.4, -0.2) is 27.6 Å². The zero-order valence-electron chi connectivity index (χ0n) is 11.5. The summed E-state index contributed by atoms with van der Waals surface area (Å²) >= 11 is 0. The summed E-state index contributed by atoms with van der Waals surface area (Å²) in [5, 5.41) is 13.7. The van der Waals surface area contributed by atoms with E-state index in [1.807, 2.05) is 12.1 Å². The van der Waals surface area contributed by atoms with Gasteiger partial charge in [-0.3, -0.25) is 9.78 Å². The minimum Gasteiger partial charge on any atom is -0.390 e. The van der Waals surface area contributed by atoms with Crippen LogP contribution < -0.4 is 5.32 Å². The lowest BCUT2D eigenvalue weighted by atomic mass is 9.52. The molecule has 5 rings (SSSR count). The van der Waals surface area contributed by atoms with Gasteiger partial charge in [-0.1, -0.05) is 6.07 Å². The molecule has 1 amide bonds. The molecule has 1 aromatic heterocycles. The summed E-state index contributed by atoms with van der Waals surface area (Å²) in [5.74, 6) is 1.48. The van der Waals surface area contributed by atoms with Crippen LogP contribution in [0.5, 0.6) is 0 Å². The number of hydrogen-bond donors (Lipinski definition) is 2. The standard InChI is InChI=1S/C16H20N2O2/c19-15(13-3-1-2-4-17-13)18-14-11-5-10-6-12(14)9-16(20,7-10)8-11/h1-4,10-12,14,20H,5-9H2,(H,18,19). The minimum absolute atomic E-state index is 0.0740. The smallest absolute Gasteiger partial charge is 0.270 e. The van der Waals surface area contributed by atoms with Crippen LogP contribution in [-0.2, 0) is 0 Å². The lowest BCUT2D eigenvalue weighted by Crippen LogP contribution is -2.61. The molecule has 1 aromatic rings. The van der Waals surface area contributed by atoms with E-state index in [1.54, 1.807) is 12.3 Å². The number of hydrogen-bond acceptors (Lipinski definition) is 3. The van der Waals surface area contributed by atoms with Crippen molar-refractivity contribution < 1.29 is 9.90 Å². The van der Waals surface area contributed by atoms with Gasteiger partial charge in [-0.2, -0.15) is 0 Å². The number of carbonyl (C=O) groups is 1. The monoisotopic (exact) mass is 272 g/mol. The molecular formula is C16H20N2O2. The minimum atomic E-state index is -0.442. The summed E-state index contributed by atoms with van der Waals surface area (Å²) in [6.07, 6.45) is 6.65. The molecule has 4 fully saturated rings. The predicted molar refractivity (Wildman–Crippen MR) is 74.0 cm³/mol. The van der Waals surface area contributed by atoms with Gasteiger partial charge >= 0.3 is 0 Å². The number of nitrogens with one attached hydrogen (secondary N) is 1. The highest BCUT2D eigenvalue weighted by Gasteiger charge is 2.55. The fourth-order valence-electron chi connectivity index (χ4n) is 4.94. The van der Waals surface area contributed by atoms with Crippen molar-refractivity contribution in [2.75, 3.05) is 0 Å². The highest BCUT2D eigenvalue weighted by molar-refractivity contribution is 5.92. The highest BCUT2D eigenvalue weighted by Crippen LogP contribution is 2.55. The maximum atomic E-state index is 12.3. The topological polar surface area (TPSA) is 62.2 Å². The number of pyridine rings is 1. The number of rotatable bonds is 2. The summed E-state index contributed by atoms with van der Waals surface area (Å²) in [5.41, 5.74) is 0.0444. The zero-order chi connectivity index (χ0) is 13.7. The Morgan fingerprint density at radius 3 is 2.60 bits per heavy atom. The summed E-state index contributed by atoms with van der Waals surface area (Å²) in [6.45, 7) is 0. The number of amides is 1. The summed E-state index contributed by atoms with van der Waals surface area (Å²) < 4.78 is 0. The van der Waals surface area contributed by atoms with E-state index in [9.17, 15) is 9.90 Å². The van der Waals surface area contributed by atoms with E-state index in [0.717, 1.165) is 32.1 Å². The predicted octanol–water partition coefficient (Wildman–Crippen LogP) is 1.75. The molecular weight excluding hydrogens is 252 g/mol. The molecule has 2 N–H and O–H groups in total. The van der Waals surface area contributed by atoms with E-state index in [4.69, 9.17) is 0 Å². The number of aromatic nitrogens is 1. The van der Waals surface area contributed by atoms with Crippen LogP contribution in [0.4, 0.5) is 0 Å². The van der Waals surface area contributed by atoms with Gasteiger partial charge in [0.05, 0.1) is 5.60 Å². The second-order valence-corrected chi connectivity index (χ2v) is 6.91. The lowest BCUT2D eigenvalue weighted by Gasteiger charge is -2.58. The van der Waals surface area contributed by atoms with Gasteiger partial charge in [-0.05, 0) is 62.0 Å². The molecule has 4 nitrogen and oxygen atoms in total. The Hall–Kier alpha value is -1.42. The molecule has 0 spiro atoms. The molecule has 0 saturated heterocycles. The van der Waals surface area contributed by atoms with Crippen molar-refractivity contribution in [3.05, 3.63) is 30.1 Å². The summed E-state index contributed by atoms with van der Waals surface area (Å²) in [4.78, 5) is 16.4. The Morgan fingerprint density at radius 2 is 2.00 bits per heavy atom. The Labute approximate surface area is 118 Å². The summed E-state index contributed by atoms with van der Waals surface area (Å²) in [6, 6.07) is 5.62. The van der Waals surface area contributed by atoms with Gasteiger partial charge in [0.25, 0.3) is 5.91 Å². The molecule has 2 unspecified atom stereocenters. The van der Waals surface area contributed by atoms with Crippen LogP contribution >= 0.6 is 0 Å². The van der Waals surface area contributed by atoms with Gasteiger partial charge in [-0.25, -0.2) is 0 Å². The van der Waals surface area contributed by atoms with Crippen molar-refractivity contribution in [1.82, 2.24) is 10.3 Å². The molecule has 20 heavy (non-hydrogen) atoms. The third kappa shape index (κ3) is 1.94. The maximum absolute atomic E-state index is 12.3. The van der Waals surface area contributed by atoms with E-state index in [0.29, 0.717) is 23.4 Å². The van der Waals surface area contributed by atoms with Crippen molar-refractivity contribution in [2.45, 2.75) is 43.7 Å². The fourth-order valence-corrected chi connectivity index (χ4v) is 4.94. The largest absolute Gasteiger partial charge is 0.390 e. The molecule has 4 saturated carbocycles. The van der Waals surface area contributed by atoms with Gasteiger partial charge in [0.2, 0.25) is 0 Å². The number of nitrogens with zero attached hydrogens (tertiary/aromatic N) is 1. The van der Waals surface area contributed by atoms with E-state index >= 15 is 0 Å². The fraction of sp³-hybridized carbons (Fsp3) is 0.625. The van der Waals surface area contributed by atoms with Crippen molar-refractivity contribution in [1.29, 1.82) is 0 Å². The van der Waals surface area contributed by atoms with Crippen LogP contribution in [0.1, 0.15) is 42.6 Å². The van der Waals surface area contributed by atoms with Crippen molar-refractivity contribution in [3.8, 4) is 0 Å². The second kappa shape index (κ2) is 4.29. The first kappa shape index (κ1) is 12.3. The first-order valence-corrected chi connectivity index (χ1v) is 7.57. The van der Waals surface area contributed by atoms with Crippen LogP contribution in [0.2, 0.25) is 0 Å². The molecule has 4 bridgehead atoms. The Morgan fingerprint density at radius 1 is 1.25 bits per heavy atom. The average Bonchev–Trinajstić information content (AvgIpc) is 2.42. The first-order chi connectivity index (χ1) is 9.63. The molecule has 106 valence electrons. The Balaban J connectivity index is 1.52. The van der Waals surface area contributed by atoms with E-state index < -0.39 is 5.60 Å². The molecule has 0 radical (unpaired) electrons. The van der Waals surface area contributed by atoms with Gasteiger partial charge in [0.1, 0.15) is 5.69 Å². The van der Waals surface area contributed by atoms with Crippen LogP contribution in [0, 0.1) is 17.8 Å². The maximum Gasteiger partial charge on any atom is 0.270 e. The van der Waals surface area contributed by atoms with Crippen LogP contribution in [0.25, 0.3) is 0 Å². The lowest BCUT2D eigenvalue weighted by molar-refractivity contribution is -0.136. The Bertz CT molecular complexity index is 515. The molecule has 2 atom stereocenters.